The van der Waals surface area contributed by atoms with Gasteiger partial charge in [-0.2, -0.15) is 0 Å². The summed E-state index contributed by atoms with van der Waals surface area (Å²) in [5, 5.41) is 20.8. The quantitative estimate of drug-likeness (QED) is 0.630. The van der Waals surface area contributed by atoms with Gasteiger partial charge in [0.2, 0.25) is 0 Å². The van der Waals surface area contributed by atoms with Gasteiger partial charge < -0.3 is 14.8 Å². The molecule has 0 saturated heterocycles. The van der Waals surface area contributed by atoms with E-state index in [1.54, 1.807) is 6.07 Å². The average molecular weight is 242 g/mol. The molecule has 0 unspecified atom stereocenters. The van der Waals surface area contributed by atoms with Crippen LogP contribution in [0.5, 0.6) is 5.75 Å². The average Bonchev–Trinajstić information content (AvgIpc) is 2.38. The molecule has 0 aliphatic rings. The number of rotatable bonds is 4. The minimum absolute atomic E-state index is 0.411. The van der Waals surface area contributed by atoms with Crippen LogP contribution in [0, 0.1) is 0 Å². The second-order valence-electron chi connectivity index (χ2n) is 3.95. The lowest BCUT2D eigenvalue weighted by Crippen LogP contribution is -2.32. The summed E-state index contributed by atoms with van der Waals surface area (Å²) < 4.78 is 5.54. The van der Waals surface area contributed by atoms with Crippen LogP contribution in [-0.4, -0.2) is 23.8 Å². The van der Waals surface area contributed by atoms with Gasteiger partial charge in [0.1, 0.15) is 12.4 Å². The first-order valence-electron chi connectivity index (χ1n) is 5.85. The van der Waals surface area contributed by atoms with E-state index in [1.807, 2.05) is 49.4 Å². The fourth-order valence-corrected chi connectivity index (χ4v) is 1.90. The van der Waals surface area contributed by atoms with Gasteiger partial charge in [0.05, 0.1) is 0 Å². The molecule has 0 heterocycles. The summed E-state index contributed by atoms with van der Waals surface area (Å²) in [4.78, 5) is 0. The second-order valence-corrected chi connectivity index (χ2v) is 3.95. The zero-order valence-electron chi connectivity index (χ0n) is 10.2. The van der Waals surface area contributed by atoms with Gasteiger partial charge in [-0.25, -0.2) is 0 Å². The summed E-state index contributed by atoms with van der Waals surface area (Å²) >= 11 is 0. The van der Waals surface area contributed by atoms with Crippen LogP contribution in [0.4, 0.5) is 0 Å². The van der Waals surface area contributed by atoms with E-state index in [0.717, 1.165) is 10.8 Å². The molecule has 0 aliphatic carbocycles. The van der Waals surface area contributed by atoms with Gasteiger partial charge in [-0.3, -0.25) is 0 Å². The number of benzene rings is 2. The van der Waals surface area contributed by atoms with Gasteiger partial charge >= 0.3 is 7.12 Å². The molecule has 2 rings (SSSR count). The Bertz CT molecular complexity index is 564. The smallest absolute Gasteiger partial charge is 0.490 e. The molecule has 0 aliphatic heterocycles. The molecule has 0 radical (unpaired) electrons. The largest absolute Gasteiger partial charge is 0.492 e. The highest BCUT2D eigenvalue weighted by molar-refractivity contribution is 6.63. The Morgan fingerprint density at radius 2 is 1.94 bits per heavy atom. The molecule has 92 valence electrons. The predicted octanol–water partition coefficient (Wildman–Crippen LogP) is 1.47. The van der Waals surface area contributed by atoms with Crippen molar-refractivity contribution >= 4 is 23.4 Å². The number of ether oxygens (including phenoxy) is 1. The topological polar surface area (TPSA) is 49.7 Å². The molecule has 2 aromatic carbocycles. The second kappa shape index (κ2) is 5.71. The van der Waals surface area contributed by atoms with Crippen LogP contribution in [-0.2, 0) is 0 Å². The minimum Gasteiger partial charge on any atom is -0.490 e. The Balaban J connectivity index is 2.49. The third-order valence-corrected chi connectivity index (χ3v) is 2.76. The van der Waals surface area contributed by atoms with E-state index in [4.69, 9.17) is 4.74 Å². The summed E-state index contributed by atoms with van der Waals surface area (Å²) in [6.45, 7) is 2.32. The van der Waals surface area contributed by atoms with Crippen LogP contribution in [0.15, 0.2) is 48.6 Å². The highest BCUT2D eigenvalue weighted by Gasteiger charge is 2.20. The van der Waals surface area contributed by atoms with Crippen molar-refractivity contribution in [3.63, 3.8) is 0 Å². The lowest BCUT2D eigenvalue weighted by Gasteiger charge is -2.12. The molecular formula is C14H15BO3. The molecular weight excluding hydrogens is 227 g/mol. The maximum absolute atomic E-state index is 9.52. The first-order chi connectivity index (χ1) is 8.74. The van der Waals surface area contributed by atoms with Crippen molar-refractivity contribution in [1.82, 2.24) is 0 Å². The van der Waals surface area contributed by atoms with Crippen molar-refractivity contribution in [3.05, 3.63) is 48.6 Å². The zero-order chi connectivity index (χ0) is 13.0. The Labute approximate surface area is 106 Å². The van der Waals surface area contributed by atoms with Crippen molar-refractivity contribution < 1.29 is 14.8 Å². The van der Waals surface area contributed by atoms with Crippen LogP contribution in [0.25, 0.3) is 10.8 Å². The Hall–Kier alpha value is -1.78. The molecule has 0 bridgehead atoms. The van der Waals surface area contributed by atoms with Crippen LogP contribution >= 0.6 is 0 Å². The molecule has 0 spiro atoms. The standard InChI is InChI=1S/C14H15BO3/c1-2-3-10-18-13-9-8-11-6-4-5-7-12(11)14(13)15(16)17/h2-9,16-17H,10H2,1H3/b3-2+. The van der Waals surface area contributed by atoms with Gasteiger partial charge in [-0.15, -0.1) is 0 Å². The van der Waals surface area contributed by atoms with Gasteiger partial charge in [0.15, 0.2) is 0 Å². The van der Waals surface area contributed by atoms with E-state index in [2.05, 4.69) is 0 Å². The van der Waals surface area contributed by atoms with Crippen molar-refractivity contribution in [3.8, 4) is 5.75 Å². The van der Waals surface area contributed by atoms with Crippen molar-refractivity contribution in [1.29, 1.82) is 0 Å². The van der Waals surface area contributed by atoms with Gasteiger partial charge in [-0.1, -0.05) is 42.5 Å². The van der Waals surface area contributed by atoms with Crippen LogP contribution < -0.4 is 10.2 Å². The maximum Gasteiger partial charge on any atom is 0.492 e. The van der Waals surface area contributed by atoms with Gasteiger partial charge in [-0.05, 0) is 23.8 Å². The fraction of sp³-hybridized carbons (Fsp3) is 0.143. The maximum atomic E-state index is 9.52. The number of allylic oxidation sites excluding steroid dienone is 1. The van der Waals surface area contributed by atoms with Gasteiger partial charge in [0.25, 0.3) is 0 Å². The lowest BCUT2D eigenvalue weighted by molar-refractivity contribution is 0.362. The molecule has 3 nitrogen and oxygen atoms in total. The Kier molecular flexibility index (Phi) is 4.02. The SMILES string of the molecule is C/C=C/COc1ccc2ccccc2c1B(O)O. The monoisotopic (exact) mass is 242 g/mol. The molecule has 0 aromatic heterocycles. The number of fused-ring (bicyclic) bond motifs is 1. The third kappa shape index (κ3) is 2.55. The van der Waals surface area contributed by atoms with Crippen molar-refractivity contribution in [2.45, 2.75) is 6.92 Å². The molecule has 0 saturated carbocycles. The molecule has 0 amide bonds. The highest BCUT2D eigenvalue weighted by Crippen LogP contribution is 2.19. The Morgan fingerprint density at radius 1 is 1.17 bits per heavy atom. The first-order valence-corrected chi connectivity index (χ1v) is 5.85. The predicted molar refractivity (Wildman–Crippen MR) is 74.1 cm³/mol. The summed E-state index contributed by atoms with van der Waals surface area (Å²) in [6, 6.07) is 11.2. The molecule has 18 heavy (non-hydrogen) atoms. The number of hydrogen-bond acceptors (Lipinski definition) is 3. The zero-order valence-corrected chi connectivity index (χ0v) is 10.2. The van der Waals surface area contributed by atoms with E-state index in [-0.39, 0.29) is 0 Å². The summed E-state index contributed by atoms with van der Waals surface area (Å²) in [7, 11) is -1.54. The fourth-order valence-electron chi connectivity index (χ4n) is 1.90. The molecule has 2 aromatic rings. The molecule has 0 atom stereocenters. The molecule has 2 N–H and O–H groups in total. The van der Waals surface area contributed by atoms with Crippen molar-refractivity contribution in [2.24, 2.45) is 0 Å². The van der Waals surface area contributed by atoms with Crippen LogP contribution in [0.3, 0.4) is 0 Å². The summed E-state index contributed by atoms with van der Waals surface area (Å²) in [5.41, 5.74) is 0.414. The van der Waals surface area contributed by atoms with Crippen LogP contribution in [0.2, 0.25) is 0 Å². The first kappa shape index (κ1) is 12.7. The normalized spacial score (nSPS) is 11.1. The Morgan fingerprint density at radius 3 is 2.67 bits per heavy atom. The number of hydrogen-bond donors (Lipinski definition) is 2. The van der Waals surface area contributed by atoms with E-state index in [1.165, 1.54) is 0 Å². The summed E-state index contributed by atoms with van der Waals surface area (Å²) in [5.74, 6) is 0.502. The lowest BCUT2D eigenvalue weighted by atomic mass is 9.76. The third-order valence-electron chi connectivity index (χ3n) is 2.76. The van der Waals surface area contributed by atoms with E-state index in [0.29, 0.717) is 17.8 Å². The van der Waals surface area contributed by atoms with Gasteiger partial charge in [0, 0.05) is 5.46 Å². The van der Waals surface area contributed by atoms with E-state index in [9.17, 15) is 10.0 Å². The van der Waals surface area contributed by atoms with E-state index >= 15 is 0 Å². The molecule has 4 heteroatoms. The highest BCUT2D eigenvalue weighted by atomic mass is 16.5. The molecule has 0 fully saturated rings. The summed E-state index contributed by atoms with van der Waals surface area (Å²) in [6.07, 6.45) is 3.75. The van der Waals surface area contributed by atoms with Crippen LogP contribution in [0.1, 0.15) is 6.92 Å². The van der Waals surface area contributed by atoms with E-state index < -0.39 is 7.12 Å². The minimum atomic E-state index is -1.54. The van der Waals surface area contributed by atoms with Crippen molar-refractivity contribution in [2.75, 3.05) is 6.61 Å².